The third-order valence-electron chi connectivity index (χ3n) is 2.70. The maximum absolute atomic E-state index is 11.7. The number of nitriles is 1. The molecule has 0 saturated carbocycles. The number of imide groups is 1. The molecule has 1 rings (SSSR count). The number of carboxylic acid groups (broad SMARTS) is 1. The lowest BCUT2D eigenvalue weighted by Crippen LogP contribution is -2.35. The first-order valence-corrected chi connectivity index (χ1v) is 5.88. The summed E-state index contributed by atoms with van der Waals surface area (Å²) in [7, 11) is 0. The van der Waals surface area contributed by atoms with Gasteiger partial charge in [0.05, 0.1) is 11.6 Å². The molecule has 0 fully saturated rings. The highest BCUT2D eigenvalue weighted by atomic mass is 16.4. The maximum atomic E-state index is 11.7. The Labute approximate surface area is 120 Å². The fourth-order valence-corrected chi connectivity index (χ4v) is 1.36. The van der Waals surface area contributed by atoms with Crippen molar-refractivity contribution in [3.63, 3.8) is 0 Å². The van der Waals surface area contributed by atoms with Crippen LogP contribution in [-0.4, -0.2) is 23.0 Å². The summed E-state index contributed by atoms with van der Waals surface area (Å²) in [6.07, 6.45) is 0. The van der Waals surface area contributed by atoms with Gasteiger partial charge in [0.15, 0.2) is 0 Å². The van der Waals surface area contributed by atoms with E-state index in [0.717, 1.165) is 0 Å². The van der Waals surface area contributed by atoms with Gasteiger partial charge in [-0.25, -0.2) is 9.59 Å². The van der Waals surface area contributed by atoms with E-state index in [1.807, 2.05) is 11.4 Å². The van der Waals surface area contributed by atoms with E-state index in [9.17, 15) is 14.4 Å². The largest absolute Gasteiger partial charge is 0.478 e. The average Bonchev–Trinajstić information content (AvgIpc) is 2.45. The fourth-order valence-electron chi connectivity index (χ4n) is 1.36. The second-order valence-electron chi connectivity index (χ2n) is 4.16. The summed E-state index contributed by atoms with van der Waals surface area (Å²) in [6.45, 7) is 2.58. The molecule has 1 aromatic rings. The lowest BCUT2D eigenvalue weighted by Gasteiger charge is -2.08. The van der Waals surface area contributed by atoms with Crippen LogP contribution in [0.2, 0.25) is 0 Å². The number of amides is 3. The van der Waals surface area contributed by atoms with E-state index < -0.39 is 17.9 Å². The monoisotopic (exact) mass is 287 g/mol. The molecule has 3 amide bonds. The molecule has 21 heavy (non-hydrogen) atoms. The number of carbonyl (C=O) groups is 3. The van der Waals surface area contributed by atoms with Gasteiger partial charge in [-0.2, -0.15) is 5.26 Å². The number of anilines is 1. The van der Waals surface area contributed by atoms with Crippen LogP contribution in [0.1, 0.15) is 19.4 Å². The molecule has 0 aliphatic rings. The Balaban J connectivity index is 2.74. The quantitative estimate of drug-likeness (QED) is 0.730. The van der Waals surface area contributed by atoms with E-state index in [1.165, 1.54) is 19.9 Å². The minimum absolute atomic E-state index is 0.0663. The Kier molecular flexibility index (Phi) is 5.20. The highest BCUT2D eigenvalue weighted by Gasteiger charge is 2.15. The van der Waals surface area contributed by atoms with E-state index in [0.29, 0.717) is 11.3 Å². The third-order valence-corrected chi connectivity index (χ3v) is 2.70. The second-order valence-corrected chi connectivity index (χ2v) is 4.16. The minimum Gasteiger partial charge on any atom is -0.478 e. The van der Waals surface area contributed by atoms with Gasteiger partial charge in [0.2, 0.25) is 0 Å². The number of nitrogens with zero attached hydrogens (tertiary/aromatic N) is 1. The van der Waals surface area contributed by atoms with Crippen LogP contribution in [0, 0.1) is 11.3 Å². The van der Waals surface area contributed by atoms with Gasteiger partial charge >= 0.3 is 12.0 Å². The molecule has 0 saturated heterocycles. The molecule has 0 atom stereocenters. The maximum Gasteiger partial charge on any atom is 0.331 e. The van der Waals surface area contributed by atoms with Gasteiger partial charge in [0.25, 0.3) is 5.91 Å². The van der Waals surface area contributed by atoms with Crippen LogP contribution in [0.25, 0.3) is 0 Å². The molecule has 0 bridgehead atoms. The van der Waals surface area contributed by atoms with Crippen LogP contribution in [0.15, 0.2) is 35.4 Å². The van der Waals surface area contributed by atoms with Crippen molar-refractivity contribution in [1.29, 1.82) is 5.26 Å². The molecule has 0 heterocycles. The second kappa shape index (κ2) is 6.86. The Bertz CT molecular complexity index is 671. The molecule has 0 spiro atoms. The van der Waals surface area contributed by atoms with E-state index in [-0.39, 0.29) is 11.1 Å². The van der Waals surface area contributed by atoms with E-state index >= 15 is 0 Å². The van der Waals surface area contributed by atoms with Gasteiger partial charge in [0, 0.05) is 16.8 Å². The number of benzene rings is 1. The Morgan fingerprint density at radius 2 is 1.86 bits per heavy atom. The third kappa shape index (κ3) is 4.47. The topological polar surface area (TPSA) is 119 Å². The lowest BCUT2D eigenvalue weighted by molar-refractivity contribution is -0.133. The van der Waals surface area contributed by atoms with E-state index in [4.69, 9.17) is 10.4 Å². The molecule has 0 aliphatic heterocycles. The van der Waals surface area contributed by atoms with Crippen molar-refractivity contribution in [2.45, 2.75) is 13.8 Å². The molecule has 0 unspecified atom stereocenters. The summed E-state index contributed by atoms with van der Waals surface area (Å²) in [5.41, 5.74) is 0.489. The number of aliphatic carboxylic acids is 1. The standard InChI is InChI=1S/C14H13N3O4/c1-8(9(2)13(19)20)12(18)17-14(21)16-11-5-3-4-10(6-11)7-15/h3-6H,1-2H3,(H,19,20)(H2,16,17,18,21). The van der Waals surface area contributed by atoms with Gasteiger partial charge in [-0.3, -0.25) is 10.1 Å². The molecule has 0 aromatic heterocycles. The predicted molar refractivity (Wildman–Crippen MR) is 74.3 cm³/mol. The zero-order valence-electron chi connectivity index (χ0n) is 11.4. The Morgan fingerprint density at radius 1 is 1.19 bits per heavy atom. The Morgan fingerprint density at radius 3 is 2.43 bits per heavy atom. The average molecular weight is 287 g/mol. The van der Waals surface area contributed by atoms with Gasteiger partial charge in [-0.15, -0.1) is 0 Å². The van der Waals surface area contributed by atoms with Gasteiger partial charge < -0.3 is 10.4 Å². The minimum atomic E-state index is -1.23. The van der Waals surface area contributed by atoms with Gasteiger partial charge in [0.1, 0.15) is 0 Å². The van der Waals surface area contributed by atoms with Crippen LogP contribution >= 0.6 is 0 Å². The van der Waals surface area contributed by atoms with E-state index in [1.54, 1.807) is 18.2 Å². The van der Waals surface area contributed by atoms with E-state index in [2.05, 4.69) is 5.32 Å². The molecular formula is C14H13N3O4. The van der Waals surface area contributed by atoms with Crippen LogP contribution in [0.5, 0.6) is 0 Å². The van der Waals surface area contributed by atoms with Crippen LogP contribution in [0.4, 0.5) is 10.5 Å². The molecule has 3 N–H and O–H groups in total. The SMILES string of the molecule is CC(C(=O)O)=C(C)C(=O)NC(=O)Nc1cccc(C#N)c1. The normalized spacial score (nSPS) is 10.9. The number of carboxylic acids is 1. The zero-order valence-corrected chi connectivity index (χ0v) is 11.4. The predicted octanol–water partition coefficient (Wildman–Crippen LogP) is 1.63. The molecular weight excluding hydrogens is 274 g/mol. The van der Waals surface area contributed by atoms with Crippen molar-refractivity contribution in [3.8, 4) is 6.07 Å². The first-order valence-electron chi connectivity index (χ1n) is 5.88. The molecule has 108 valence electrons. The zero-order chi connectivity index (χ0) is 16.0. The first-order chi connectivity index (χ1) is 9.85. The summed E-state index contributed by atoms with van der Waals surface area (Å²) in [5, 5.41) is 21.9. The summed E-state index contributed by atoms with van der Waals surface area (Å²) in [5.74, 6) is -2.03. The van der Waals surface area contributed by atoms with Crippen LogP contribution in [0.3, 0.4) is 0 Å². The first kappa shape index (κ1) is 15.9. The number of carbonyl (C=O) groups excluding carboxylic acids is 2. The summed E-state index contributed by atoms with van der Waals surface area (Å²) < 4.78 is 0. The van der Waals surface area contributed by atoms with Crippen LogP contribution in [-0.2, 0) is 9.59 Å². The van der Waals surface area contributed by atoms with Crippen molar-refractivity contribution in [2.24, 2.45) is 0 Å². The fraction of sp³-hybridized carbons (Fsp3) is 0.143. The number of hydrogen-bond donors (Lipinski definition) is 3. The highest BCUT2D eigenvalue weighted by Crippen LogP contribution is 2.09. The summed E-state index contributed by atoms with van der Waals surface area (Å²) >= 11 is 0. The smallest absolute Gasteiger partial charge is 0.331 e. The van der Waals surface area contributed by atoms with Crippen molar-refractivity contribution in [1.82, 2.24) is 5.32 Å². The molecule has 7 heteroatoms. The number of hydrogen-bond acceptors (Lipinski definition) is 4. The van der Waals surface area contributed by atoms with Crippen molar-refractivity contribution < 1.29 is 19.5 Å². The number of rotatable bonds is 3. The van der Waals surface area contributed by atoms with Gasteiger partial charge in [-0.05, 0) is 32.0 Å². The molecule has 1 aromatic carbocycles. The summed E-state index contributed by atoms with van der Waals surface area (Å²) in [6, 6.07) is 7.24. The summed E-state index contributed by atoms with van der Waals surface area (Å²) in [4.78, 5) is 34.0. The van der Waals surface area contributed by atoms with Gasteiger partial charge in [-0.1, -0.05) is 6.07 Å². The van der Waals surface area contributed by atoms with Crippen molar-refractivity contribution in [2.75, 3.05) is 5.32 Å². The highest BCUT2D eigenvalue weighted by molar-refractivity contribution is 6.10. The molecule has 7 nitrogen and oxygen atoms in total. The van der Waals surface area contributed by atoms with Crippen molar-refractivity contribution in [3.05, 3.63) is 41.0 Å². The molecule has 0 radical (unpaired) electrons. The van der Waals surface area contributed by atoms with Crippen LogP contribution < -0.4 is 10.6 Å². The molecule has 0 aliphatic carbocycles. The number of urea groups is 1. The van der Waals surface area contributed by atoms with Crippen molar-refractivity contribution >= 4 is 23.6 Å². The Hall–Kier alpha value is -3.14. The number of nitrogens with one attached hydrogen (secondary N) is 2. The lowest BCUT2D eigenvalue weighted by atomic mass is 10.1.